The van der Waals surface area contributed by atoms with Gasteiger partial charge in [0.25, 0.3) is 5.69 Å². The monoisotopic (exact) mass is 355 g/mol. The minimum absolute atomic E-state index is 0.0505. The van der Waals surface area contributed by atoms with Crippen molar-refractivity contribution in [3.8, 4) is 5.75 Å². The molecule has 1 atom stereocenters. The van der Waals surface area contributed by atoms with Crippen molar-refractivity contribution in [2.24, 2.45) is 0 Å². The Hall–Kier alpha value is -3.09. The van der Waals surface area contributed by atoms with Gasteiger partial charge in [-0.05, 0) is 49.1 Å². The molecule has 1 fully saturated rings. The topological polar surface area (TPSA) is 84.7 Å². The molecule has 1 saturated heterocycles. The second-order valence-electron chi connectivity index (χ2n) is 6.33. The van der Waals surface area contributed by atoms with Crippen LogP contribution in [0.3, 0.4) is 0 Å². The number of carbonyl (C=O) groups excluding carboxylic acids is 1. The zero-order valence-electron chi connectivity index (χ0n) is 14.8. The van der Waals surface area contributed by atoms with E-state index < -0.39 is 4.92 Å². The van der Waals surface area contributed by atoms with Crippen LogP contribution in [0.15, 0.2) is 42.5 Å². The van der Waals surface area contributed by atoms with E-state index in [1.807, 2.05) is 24.3 Å². The van der Waals surface area contributed by atoms with Crippen LogP contribution in [0.5, 0.6) is 5.75 Å². The lowest BCUT2D eigenvalue weighted by atomic mass is 10.0. The predicted octanol–water partition coefficient (Wildman–Crippen LogP) is 4.28. The highest BCUT2D eigenvalue weighted by Crippen LogP contribution is 2.34. The maximum Gasteiger partial charge on any atom is 0.322 e. The number of aryl methyl sites for hydroxylation is 1. The van der Waals surface area contributed by atoms with Crippen LogP contribution in [0, 0.1) is 17.0 Å². The first kappa shape index (κ1) is 17.7. The molecule has 26 heavy (non-hydrogen) atoms. The number of nitro benzene ring substituents is 1. The number of hydrogen-bond acceptors (Lipinski definition) is 4. The molecule has 3 rings (SSSR count). The molecule has 0 radical (unpaired) electrons. The number of anilines is 1. The molecule has 0 unspecified atom stereocenters. The van der Waals surface area contributed by atoms with E-state index >= 15 is 0 Å². The lowest BCUT2D eigenvalue weighted by Gasteiger charge is -2.25. The van der Waals surface area contributed by atoms with E-state index in [0.717, 1.165) is 29.7 Å². The van der Waals surface area contributed by atoms with Crippen molar-refractivity contribution >= 4 is 17.4 Å². The first-order valence-corrected chi connectivity index (χ1v) is 8.46. The summed E-state index contributed by atoms with van der Waals surface area (Å²) in [6.45, 7) is 2.39. The second kappa shape index (κ2) is 7.43. The molecule has 0 aromatic heterocycles. The van der Waals surface area contributed by atoms with Gasteiger partial charge in [0, 0.05) is 12.6 Å². The SMILES string of the molecule is COc1ccc([C@@H]2CCCN2C(=O)Nc2ccc(C)cc2[N+](=O)[O-])cc1. The minimum atomic E-state index is -0.479. The normalized spacial score (nSPS) is 16.4. The van der Waals surface area contributed by atoms with E-state index in [2.05, 4.69) is 5.32 Å². The summed E-state index contributed by atoms with van der Waals surface area (Å²) in [4.78, 5) is 25.2. The highest BCUT2D eigenvalue weighted by molar-refractivity contribution is 5.92. The van der Waals surface area contributed by atoms with E-state index in [9.17, 15) is 14.9 Å². The molecular weight excluding hydrogens is 334 g/mol. The number of hydrogen-bond donors (Lipinski definition) is 1. The van der Waals surface area contributed by atoms with Crippen LogP contribution in [0.4, 0.5) is 16.2 Å². The predicted molar refractivity (Wildman–Crippen MR) is 98.5 cm³/mol. The van der Waals surface area contributed by atoms with E-state index in [1.54, 1.807) is 31.1 Å². The summed E-state index contributed by atoms with van der Waals surface area (Å²) in [6.07, 6.45) is 1.75. The molecule has 0 spiro atoms. The summed E-state index contributed by atoms with van der Waals surface area (Å²) >= 11 is 0. The maximum absolute atomic E-state index is 12.7. The Bertz CT molecular complexity index is 820. The Kier molecular flexibility index (Phi) is 5.06. The Morgan fingerprint density at radius 3 is 2.65 bits per heavy atom. The first-order chi connectivity index (χ1) is 12.5. The number of likely N-dealkylation sites (tertiary alicyclic amines) is 1. The fourth-order valence-corrected chi connectivity index (χ4v) is 3.27. The van der Waals surface area contributed by atoms with E-state index in [4.69, 9.17) is 4.74 Å². The molecule has 2 amide bonds. The average molecular weight is 355 g/mol. The number of ether oxygens (including phenoxy) is 1. The van der Waals surface area contributed by atoms with E-state index in [-0.39, 0.29) is 23.4 Å². The molecule has 2 aromatic rings. The van der Waals surface area contributed by atoms with Crippen LogP contribution in [0.1, 0.15) is 30.0 Å². The molecule has 0 saturated carbocycles. The Morgan fingerprint density at radius 1 is 1.27 bits per heavy atom. The number of nitrogens with one attached hydrogen (secondary N) is 1. The highest BCUT2D eigenvalue weighted by atomic mass is 16.6. The van der Waals surface area contributed by atoms with E-state index in [0.29, 0.717) is 6.54 Å². The lowest BCUT2D eigenvalue weighted by Crippen LogP contribution is -2.34. The van der Waals surface area contributed by atoms with Crippen molar-refractivity contribution in [1.82, 2.24) is 4.90 Å². The molecule has 1 heterocycles. The fraction of sp³-hybridized carbons (Fsp3) is 0.316. The standard InChI is InChI=1S/C19H21N3O4/c1-13-5-10-16(18(12-13)22(24)25)20-19(23)21-11-3-4-17(21)14-6-8-15(26-2)9-7-14/h5-10,12,17H,3-4,11H2,1-2H3,(H,20,23)/t17-/m0/s1. The number of carbonyl (C=O) groups is 1. The van der Waals surface area contributed by atoms with Crippen molar-refractivity contribution in [3.63, 3.8) is 0 Å². The summed E-state index contributed by atoms with van der Waals surface area (Å²) in [5.41, 5.74) is 1.91. The van der Waals surface area contributed by atoms with Gasteiger partial charge in [-0.25, -0.2) is 4.79 Å². The van der Waals surface area contributed by atoms with Gasteiger partial charge in [0.05, 0.1) is 18.1 Å². The van der Waals surface area contributed by atoms with Gasteiger partial charge in [-0.2, -0.15) is 0 Å². The van der Waals surface area contributed by atoms with Crippen molar-refractivity contribution in [1.29, 1.82) is 0 Å². The third-order valence-corrected chi connectivity index (χ3v) is 4.61. The van der Waals surface area contributed by atoms with Gasteiger partial charge in [0.2, 0.25) is 0 Å². The number of rotatable bonds is 4. The summed E-state index contributed by atoms with van der Waals surface area (Å²) in [5, 5.41) is 14.0. The molecule has 0 aliphatic carbocycles. The fourth-order valence-electron chi connectivity index (χ4n) is 3.27. The van der Waals surface area contributed by atoms with Crippen LogP contribution in [-0.2, 0) is 0 Å². The van der Waals surface area contributed by atoms with Crippen molar-refractivity contribution < 1.29 is 14.5 Å². The van der Waals surface area contributed by atoms with Gasteiger partial charge in [0.1, 0.15) is 11.4 Å². The summed E-state index contributed by atoms with van der Waals surface area (Å²) in [7, 11) is 1.61. The number of amides is 2. The van der Waals surface area contributed by atoms with Crippen LogP contribution in [0.2, 0.25) is 0 Å². The van der Waals surface area contributed by atoms with Gasteiger partial charge in [0.15, 0.2) is 0 Å². The van der Waals surface area contributed by atoms with Crippen molar-refractivity contribution in [2.75, 3.05) is 19.0 Å². The summed E-state index contributed by atoms with van der Waals surface area (Å²) < 4.78 is 5.17. The third-order valence-electron chi connectivity index (χ3n) is 4.61. The highest BCUT2D eigenvalue weighted by Gasteiger charge is 2.31. The molecule has 2 aromatic carbocycles. The van der Waals surface area contributed by atoms with Crippen LogP contribution >= 0.6 is 0 Å². The molecule has 136 valence electrons. The van der Waals surface area contributed by atoms with Gasteiger partial charge in [-0.1, -0.05) is 18.2 Å². The number of benzene rings is 2. The smallest absolute Gasteiger partial charge is 0.322 e. The zero-order valence-corrected chi connectivity index (χ0v) is 14.8. The number of urea groups is 1. The lowest BCUT2D eigenvalue weighted by molar-refractivity contribution is -0.384. The molecule has 0 bridgehead atoms. The zero-order chi connectivity index (χ0) is 18.7. The third kappa shape index (κ3) is 3.61. The summed E-state index contributed by atoms with van der Waals surface area (Å²) in [5.74, 6) is 0.762. The van der Waals surface area contributed by atoms with Gasteiger partial charge in [-0.3, -0.25) is 10.1 Å². The Labute approximate surface area is 151 Å². The summed E-state index contributed by atoms with van der Waals surface area (Å²) in [6, 6.07) is 12.0. The largest absolute Gasteiger partial charge is 0.497 e. The van der Waals surface area contributed by atoms with Gasteiger partial charge >= 0.3 is 6.03 Å². The molecule has 1 aliphatic rings. The molecule has 7 nitrogen and oxygen atoms in total. The van der Waals surface area contributed by atoms with E-state index in [1.165, 1.54) is 6.07 Å². The number of nitrogens with zero attached hydrogens (tertiary/aromatic N) is 2. The van der Waals surface area contributed by atoms with Crippen molar-refractivity contribution in [2.45, 2.75) is 25.8 Å². The minimum Gasteiger partial charge on any atom is -0.497 e. The van der Waals surface area contributed by atoms with Crippen LogP contribution in [0.25, 0.3) is 0 Å². The number of nitro groups is 1. The average Bonchev–Trinajstić information content (AvgIpc) is 3.13. The van der Waals surface area contributed by atoms with Crippen LogP contribution < -0.4 is 10.1 Å². The molecule has 1 N–H and O–H groups in total. The number of methoxy groups -OCH3 is 1. The first-order valence-electron chi connectivity index (χ1n) is 8.46. The van der Waals surface area contributed by atoms with Crippen LogP contribution in [-0.4, -0.2) is 29.5 Å². The Morgan fingerprint density at radius 2 is 2.00 bits per heavy atom. The van der Waals surface area contributed by atoms with Gasteiger partial charge < -0.3 is 15.0 Å². The molecule has 1 aliphatic heterocycles. The second-order valence-corrected chi connectivity index (χ2v) is 6.33. The Balaban J connectivity index is 1.79. The van der Waals surface area contributed by atoms with Crippen molar-refractivity contribution in [3.05, 3.63) is 63.7 Å². The van der Waals surface area contributed by atoms with Gasteiger partial charge in [-0.15, -0.1) is 0 Å². The maximum atomic E-state index is 12.7. The quantitative estimate of drug-likeness (QED) is 0.655. The molecular formula is C19H21N3O4. The molecule has 7 heteroatoms.